The molecule has 1 fully saturated rings. The van der Waals surface area contributed by atoms with E-state index in [1.54, 1.807) is 0 Å². The van der Waals surface area contributed by atoms with Crippen LogP contribution in [0.2, 0.25) is 0 Å². The Balaban J connectivity index is 1.99. The number of halogens is 3. The number of sulfone groups is 1. The lowest BCUT2D eigenvalue weighted by atomic mass is 9.79. The van der Waals surface area contributed by atoms with Gasteiger partial charge in [0.15, 0.2) is 9.84 Å². The number of carbonyl (C=O) groups excluding carboxylic acids is 2. The Kier molecular flexibility index (Phi) is 6.13. The number of para-hydroxylation sites is 1. The molecule has 0 aliphatic carbocycles. The second kappa shape index (κ2) is 8.33. The van der Waals surface area contributed by atoms with Crippen LogP contribution in [-0.2, 0) is 25.6 Å². The van der Waals surface area contributed by atoms with Crippen molar-refractivity contribution in [3.8, 4) is 0 Å². The van der Waals surface area contributed by atoms with Gasteiger partial charge in [-0.05, 0) is 30.2 Å². The molecule has 3 rings (SSSR count). The zero-order valence-corrected chi connectivity index (χ0v) is 17.6. The molecule has 1 N–H and O–H groups in total. The van der Waals surface area contributed by atoms with Gasteiger partial charge in [0.25, 0.3) is 0 Å². The molecule has 2 amide bonds. The highest BCUT2D eigenvalue weighted by atomic mass is 32.2. The molecule has 0 spiro atoms. The Hall–Kier alpha value is -2.88. The lowest BCUT2D eigenvalue weighted by molar-refractivity contribution is -0.143. The van der Waals surface area contributed by atoms with E-state index in [2.05, 4.69) is 5.32 Å². The predicted octanol–water partition coefficient (Wildman–Crippen LogP) is 3.31. The maximum Gasteiger partial charge on any atom is 0.416 e. The summed E-state index contributed by atoms with van der Waals surface area (Å²) in [6.07, 6.45) is -3.28. The van der Waals surface area contributed by atoms with Crippen LogP contribution in [0.4, 0.5) is 18.9 Å². The molecular weight excluding hydrogens is 433 g/mol. The third-order valence-corrected chi connectivity index (χ3v) is 6.44. The number of anilines is 1. The van der Waals surface area contributed by atoms with Gasteiger partial charge in [-0.3, -0.25) is 9.59 Å². The summed E-state index contributed by atoms with van der Waals surface area (Å²) in [6.45, 7) is 0.281. The zero-order valence-electron chi connectivity index (χ0n) is 16.8. The minimum absolute atomic E-state index is 0.0128. The Morgan fingerprint density at radius 3 is 2.45 bits per heavy atom. The molecule has 2 aromatic rings. The van der Waals surface area contributed by atoms with E-state index in [-0.39, 0.29) is 29.1 Å². The Bertz CT molecular complexity index is 1120. The van der Waals surface area contributed by atoms with Gasteiger partial charge in [-0.1, -0.05) is 30.3 Å². The fourth-order valence-corrected chi connectivity index (χ4v) is 4.57. The number of hydrogen-bond acceptors (Lipinski definition) is 4. The van der Waals surface area contributed by atoms with Crippen LogP contribution in [-0.4, -0.2) is 45.0 Å². The summed E-state index contributed by atoms with van der Waals surface area (Å²) in [6, 6.07) is 10.3. The molecule has 2 aromatic carbocycles. The lowest BCUT2D eigenvalue weighted by Crippen LogP contribution is -2.47. The first-order valence-corrected chi connectivity index (χ1v) is 11.3. The molecule has 0 unspecified atom stereocenters. The van der Waals surface area contributed by atoms with Crippen molar-refractivity contribution in [1.82, 2.24) is 4.90 Å². The van der Waals surface area contributed by atoms with Gasteiger partial charge in [0.2, 0.25) is 11.8 Å². The number of carbonyl (C=O) groups is 2. The van der Waals surface area contributed by atoms with Gasteiger partial charge in [-0.15, -0.1) is 0 Å². The van der Waals surface area contributed by atoms with Gasteiger partial charge in [0, 0.05) is 25.8 Å². The van der Waals surface area contributed by atoms with E-state index in [0.29, 0.717) is 0 Å². The van der Waals surface area contributed by atoms with Crippen LogP contribution in [0.3, 0.4) is 0 Å². The number of rotatable bonds is 4. The van der Waals surface area contributed by atoms with E-state index in [1.807, 2.05) is 0 Å². The van der Waals surface area contributed by atoms with Crippen molar-refractivity contribution >= 4 is 27.3 Å². The zero-order chi connectivity index (χ0) is 23.0. The van der Waals surface area contributed by atoms with Gasteiger partial charge >= 0.3 is 6.18 Å². The number of nitrogens with zero attached hydrogens (tertiary/aromatic N) is 1. The van der Waals surface area contributed by atoms with Crippen molar-refractivity contribution in [3.63, 3.8) is 0 Å². The summed E-state index contributed by atoms with van der Waals surface area (Å²) in [5, 5.41) is 2.49. The van der Waals surface area contributed by atoms with Crippen LogP contribution in [0.25, 0.3) is 0 Å². The predicted molar refractivity (Wildman–Crippen MR) is 108 cm³/mol. The monoisotopic (exact) mass is 454 g/mol. The first-order chi connectivity index (χ1) is 14.4. The van der Waals surface area contributed by atoms with Crippen LogP contribution in [0, 0.1) is 5.92 Å². The third kappa shape index (κ3) is 4.90. The van der Waals surface area contributed by atoms with E-state index in [4.69, 9.17) is 0 Å². The van der Waals surface area contributed by atoms with Crippen molar-refractivity contribution in [1.29, 1.82) is 0 Å². The molecule has 1 heterocycles. The second-order valence-electron chi connectivity index (χ2n) is 7.51. The van der Waals surface area contributed by atoms with Crippen LogP contribution in [0.5, 0.6) is 0 Å². The van der Waals surface area contributed by atoms with Gasteiger partial charge < -0.3 is 10.2 Å². The fourth-order valence-electron chi connectivity index (χ4n) is 3.72. The number of nitrogens with one attached hydrogen (secondary N) is 1. The lowest BCUT2D eigenvalue weighted by Gasteiger charge is -2.35. The first-order valence-electron chi connectivity index (χ1n) is 9.41. The number of hydrogen-bond donors (Lipinski definition) is 1. The minimum atomic E-state index is -4.56. The highest BCUT2D eigenvalue weighted by Gasteiger charge is 2.42. The molecule has 1 aliphatic heterocycles. The SMILES string of the molecule is CN1CC[C@H](c2cccc(C(F)(F)F)c2)[C@@H](C(=O)Nc2ccccc2S(C)(=O)=O)C1=O. The van der Waals surface area contributed by atoms with E-state index < -0.39 is 45.2 Å². The molecule has 0 radical (unpaired) electrons. The summed E-state index contributed by atoms with van der Waals surface area (Å²) in [5.74, 6) is -3.38. The van der Waals surface area contributed by atoms with Crippen molar-refractivity contribution in [2.45, 2.75) is 23.4 Å². The maximum absolute atomic E-state index is 13.2. The van der Waals surface area contributed by atoms with E-state index in [1.165, 1.54) is 48.3 Å². The normalized spacial score (nSPS) is 19.9. The Morgan fingerprint density at radius 2 is 1.81 bits per heavy atom. The summed E-state index contributed by atoms with van der Waals surface area (Å²) in [4.78, 5) is 27.2. The molecule has 1 saturated heterocycles. The second-order valence-corrected chi connectivity index (χ2v) is 9.50. The van der Waals surface area contributed by atoms with Crippen LogP contribution < -0.4 is 5.32 Å². The smallest absolute Gasteiger partial charge is 0.345 e. The van der Waals surface area contributed by atoms with Crippen LogP contribution >= 0.6 is 0 Å². The van der Waals surface area contributed by atoms with Crippen LogP contribution in [0.1, 0.15) is 23.5 Å². The molecule has 166 valence electrons. The van der Waals surface area contributed by atoms with Crippen molar-refractivity contribution in [2.24, 2.45) is 5.92 Å². The van der Waals surface area contributed by atoms with E-state index in [0.717, 1.165) is 18.4 Å². The number of alkyl halides is 3. The highest BCUT2D eigenvalue weighted by Crippen LogP contribution is 2.37. The van der Waals surface area contributed by atoms with Gasteiger partial charge in [0.1, 0.15) is 5.92 Å². The molecule has 31 heavy (non-hydrogen) atoms. The van der Waals surface area contributed by atoms with Crippen molar-refractivity contribution in [2.75, 3.05) is 25.2 Å². The third-order valence-electron chi connectivity index (χ3n) is 5.29. The molecule has 6 nitrogen and oxygen atoms in total. The number of likely N-dealkylation sites (tertiary alicyclic amines) is 1. The van der Waals surface area contributed by atoms with Crippen molar-refractivity contribution in [3.05, 3.63) is 59.7 Å². The topological polar surface area (TPSA) is 83.6 Å². The Morgan fingerprint density at radius 1 is 1.13 bits per heavy atom. The van der Waals surface area contributed by atoms with Crippen molar-refractivity contribution < 1.29 is 31.2 Å². The molecule has 0 bridgehead atoms. The average molecular weight is 454 g/mol. The first kappa shape index (κ1) is 22.8. The Labute approximate surface area is 178 Å². The van der Waals surface area contributed by atoms with Gasteiger partial charge in [0.05, 0.1) is 16.1 Å². The molecule has 1 aliphatic rings. The summed E-state index contributed by atoms with van der Waals surface area (Å²) in [7, 11) is -2.15. The fraction of sp³-hybridized carbons (Fsp3) is 0.333. The molecule has 0 saturated carbocycles. The summed E-state index contributed by atoms with van der Waals surface area (Å²) < 4.78 is 63.5. The number of benzene rings is 2. The molecular formula is C21H21F3N2O4S. The maximum atomic E-state index is 13.2. The average Bonchev–Trinajstić information content (AvgIpc) is 2.69. The standard InChI is InChI=1S/C21H21F3N2O4S/c1-26-11-10-15(13-6-5-7-14(12-13)21(22,23)24)18(20(26)28)19(27)25-16-8-3-4-9-17(16)31(2,29)30/h3-9,12,15,18H,10-11H2,1-2H3,(H,25,27)/t15-,18+/m1/s1. The molecule has 10 heteroatoms. The minimum Gasteiger partial charge on any atom is -0.345 e. The van der Waals surface area contributed by atoms with E-state index >= 15 is 0 Å². The van der Waals surface area contributed by atoms with Gasteiger partial charge in [-0.2, -0.15) is 13.2 Å². The van der Waals surface area contributed by atoms with Gasteiger partial charge in [-0.25, -0.2) is 8.42 Å². The molecule has 0 aromatic heterocycles. The summed E-state index contributed by atoms with van der Waals surface area (Å²) >= 11 is 0. The summed E-state index contributed by atoms with van der Waals surface area (Å²) in [5.41, 5.74) is -0.621. The quantitative estimate of drug-likeness (QED) is 0.719. The molecule has 2 atom stereocenters. The number of piperidine rings is 1. The largest absolute Gasteiger partial charge is 0.416 e. The van der Waals surface area contributed by atoms with Crippen LogP contribution in [0.15, 0.2) is 53.4 Å². The number of amides is 2. The highest BCUT2D eigenvalue weighted by molar-refractivity contribution is 7.90. The van der Waals surface area contributed by atoms with E-state index in [9.17, 15) is 31.2 Å².